The molecule has 0 unspecified atom stereocenters. The van der Waals surface area contributed by atoms with Crippen molar-refractivity contribution < 1.29 is 9.50 Å². The second-order valence-electron chi connectivity index (χ2n) is 4.23. The minimum Gasteiger partial charge on any atom is -0.392 e. The monoisotopic (exact) mass is 243 g/mol. The van der Waals surface area contributed by atoms with Crippen molar-refractivity contribution in [1.29, 1.82) is 0 Å². The first kappa shape index (κ1) is 11.8. The van der Waals surface area contributed by atoms with Crippen molar-refractivity contribution in [3.8, 4) is 0 Å². The predicted molar refractivity (Wildman–Crippen MR) is 61.9 cm³/mol. The molecule has 1 atom stereocenters. The zero-order chi connectivity index (χ0) is 11.5. The maximum Gasteiger partial charge on any atom is 0.129 e. The first-order valence-electron chi connectivity index (χ1n) is 5.50. The van der Waals surface area contributed by atoms with E-state index < -0.39 is 0 Å². The molecule has 0 radical (unpaired) electrons. The lowest BCUT2D eigenvalue weighted by Gasteiger charge is -2.30. The van der Waals surface area contributed by atoms with Crippen molar-refractivity contribution in [1.82, 2.24) is 4.90 Å². The maximum atomic E-state index is 13.5. The maximum absolute atomic E-state index is 13.5. The van der Waals surface area contributed by atoms with Crippen molar-refractivity contribution >= 4 is 11.6 Å². The van der Waals surface area contributed by atoms with E-state index in [9.17, 15) is 9.50 Å². The second-order valence-corrected chi connectivity index (χ2v) is 4.64. The van der Waals surface area contributed by atoms with E-state index in [2.05, 4.69) is 0 Å². The molecule has 1 saturated heterocycles. The summed E-state index contributed by atoms with van der Waals surface area (Å²) < 4.78 is 13.5. The van der Waals surface area contributed by atoms with Crippen LogP contribution in [-0.4, -0.2) is 29.2 Å². The Labute approximate surface area is 99.6 Å². The highest BCUT2D eigenvalue weighted by atomic mass is 35.5. The van der Waals surface area contributed by atoms with Crippen LogP contribution in [0.25, 0.3) is 0 Å². The summed E-state index contributed by atoms with van der Waals surface area (Å²) in [6.45, 7) is 1.97. The molecule has 1 aromatic rings. The van der Waals surface area contributed by atoms with E-state index in [0.29, 0.717) is 23.7 Å². The number of rotatable bonds is 2. The van der Waals surface area contributed by atoms with Gasteiger partial charge < -0.3 is 5.11 Å². The summed E-state index contributed by atoms with van der Waals surface area (Å²) >= 11 is 5.96. The van der Waals surface area contributed by atoms with Gasteiger partial charge in [0.25, 0.3) is 0 Å². The van der Waals surface area contributed by atoms with Crippen LogP contribution in [0.5, 0.6) is 0 Å². The van der Waals surface area contributed by atoms with Gasteiger partial charge in [0, 0.05) is 23.7 Å². The number of aliphatic hydroxyl groups is 1. The summed E-state index contributed by atoms with van der Waals surface area (Å²) in [5, 5.41) is 9.99. The van der Waals surface area contributed by atoms with E-state index in [1.54, 1.807) is 12.1 Å². The average Bonchev–Trinajstić information content (AvgIpc) is 2.24. The molecule has 16 heavy (non-hydrogen) atoms. The molecule has 0 aromatic heterocycles. The number of piperidine rings is 1. The van der Waals surface area contributed by atoms with E-state index in [1.165, 1.54) is 6.07 Å². The topological polar surface area (TPSA) is 23.5 Å². The molecule has 1 aliphatic rings. The highest BCUT2D eigenvalue weighted by Crippen LogP contribution is 2.22. The molecular weight excluding hydrogens is 229 g/mol. The molecule has 1 aliphatic heterocycles. The van der Waals surface area contributed by atoms with Crippen LogP contribution in [-0.2, 0) is 6.54 Å². The van der Waals surface area contributed by atoms with Gasteiger partial charge in [-0.1, -0.05) is 17.7 Å². The van der Waals surface area contributed by atoms with Gasteiger partial charge in [0.1, 0.15) is 5.82 Å². The Morgan fingerprint density at radius 2 is 2.31 bits per heavy atom. The van der Waals surface area contributed by atoms with E-state index in [-0.39, 0.29) is 11.9 Å². The van der Waals surface area contributed by atoms with Crippen molar-refractivity contribution in [2.24, 2.45) is 0 Å². The number of halogens is 2. The third-order valence-corrected chi connectivity index (χ3v) is 3.28. The van der Waals surface area contributed by atoms with Crippen LogP contribution in [0.3, 0.4) is 0 Å². The molecule has 4 heteroatoms. The average molecular weight is 244 g/mol. The van der Waals surface area contributed by atoms with Gasteiger partial charge in [-0.3, -0.25) is 4.90 Å². The zero-order valence-corrected chi connectivity index (χ0v) is 9.75. The van der Waals surface area contributed by atoms with Gasteiger partial charge in [0.05, 0.1) is 6.10 Å². The molecule has 0 spiro atoms. The lowest BCUT2D eigenvalue weighted by atomic mass is 10.1. The largest absolute Gasteiger partial charge is 0.392 e. The van der Waals surface area contributed by atoms with Gasteiger partial charge in [-0.05, 0) is 31.5 Å². The number of nitrogens with zero attached hydrogens (tertiary/aromatic N) is 1. The number of likely N-dealkylation sites (tertiary alicyclic amines) is 1. The molecule has 1 heterocycles. The summed E-state index contributed by atoms with van der Waals surface area (Å²) in [6.07, 6.45) is 1.49. The smallest absolute Gasteiger partial charge is 0.129 e. The molecule has 2 nitrogen and oxygen atoms in total. The van der Waals surface area contributed by atoms with E-state index in [4.69, 9.17) is 11.6 Å². The molecule has 88 valence electrons. The number of benzene rings is 1. The fraction of sp³-hybridized carbons (Fsp3) is 0.500. The molecule has 1 fully saturated rings. The molecule has 1 N–H and O–H groups in total. The molecular formula is C12H15ClFNO. The van der Waals surface area contributed by atoms with Crippen molar-refractivity contribution in [3.05, 3.63) is 34.6 Å². The van der Waals surface area contributed by atoms with Gasteiger partial charge >= 0.3 is 0 Å². The quantitative estimate of drug-likeness (QED) is 0.863. The summed E-state index contributed by atoms with van der Waals surface area (Å²) in [4.78, 5) is 2.04. The molecule has 2 rings (SSSR count). The highest BCUT2D eigenvalue weighted by Gasteiger charge is 2.19. The van der Waals surface area contributed by atoms with Crippen LogP contribution < -0.4 is 0 Å². The minimum absolute atomic E-state index is 0.271. The Morgan fingerprint density at radius 3 is 3.00 bits per heavy atom. The van der Waals surface area contributed by atoms with Crippen LogP contribution >= 0.6 is 11.6 Å². The Morgan fingerprint density at radius 1 is 1.50 bits per heavy atom. The minimum atomic E-state index is -0.292. The van der Waals surface area contributed by atoms with Gasteiger partial charge in [-0.2, -0.15) is 0 Å². The van der Waals surface area contributed by atoms with Gasteiger partial charge in [-0.15, -0.1) is 0 Å². The summed E-state index contributed by atoms with van der Waals surface area (Å²) in [6, 6.07) is 4.72. The molecule has 0 aliphatic carbocycles. The lowest BCUT2D eigenvalue weighted by Crippen LogP contribution is -2.37. The number of β-amino-alcohol motifs (C(OH)–C–C–N with tert-alkyl or cyclic N) is 1. The van der Waals surface area contributed by atoms with E-state index in [1.807, 2.05) is 4.90 Å². The Balaban J connectivity index is 2.08. The lowest BCUT2D eigenvalue weighted by molar-refractivity contribution is 0.0663. The summed E-state index contributed by atoms with van der Waals surface area (Å²) in [7, 11) is 0. The Bertz CT molecular complexity index is 352. The van der Waals surface area contributed by atoms with Crippen molar-refractivity contribution in [3.63, 3.8) is 0 Å². The van der Waals surface area contributed by atoms with Gasteiger partial charge in [0.15, 0.2) is 0 Å². The highest BCUT2D eigenvalue weighted by molar-refractivity contribution is 6.31. The second kappa shape index (κ2) is 5.13. The van der Waals surface area contributed by atoms with Crippen molar-refractivity contribution in [2.45, 2.75) is 25.5 Å². The fourth-order valence-corrected chi connectivity index (χ4v) is 2.30. The van der Waals surface area contributed by atoms with Crippen LogP contribution in [0, 0.1) is 5.82 Å². The third-order valence-electron chi connectivity index (χ3n) is 2.92. The fourth-order valence-electron chi connectivity index (χ4n) is 2.08. The molecule has 0 saturated carbocycles. The Hall–Kier alpha value is -0.640. The first-order chi connectivity index (χ1) is 7.66. The SMILES string of the molecule is O[C@@H]1CCCN(Cc2c(F)cccc2Cl)C1. The van der Waals surface area contributed by atoms with Crippen LogP contribution in [0.2, 0.25) is 5.02 Å². The van der Waals surface area contributed by atoms with Crippen LogP contribution in [0.4, 0.5) is 4.39 Å². The third kappa shape index (κ3) is 2.73. The van der Waals surface area contributed by atoms with Crippen LogP contribution in [0.15, 0.2) is 18.2 Å². The number of hydrogen-bond donors (Lipinski definition) is 1. The molecule has 1 aromatic carbocycles. The van der Waals surface area contributed by atoms with Gasteiger partial charge in [-0.25, -0.2) is 4.39 Å². The molecule has 0 amide bonds. The predicted octanol–water partition coefficient (Wildman–Crippen LogP) is 2.44. The number of aliphatic hydroxyl groups excluding tert-OH is 1. The molecule has 0 bridgehead atoms. The van der Waals surface area contributed by atoms with Crippen molar-refractivity contribution in [2.75, 3.05) is 13.1 Å². The van der Waals surface area contributed by atoms with E-state index >= 15 is 0 Å². The Kier molecular flexibility index (Phi) is 3.79. The van der Waals surface area contributed by atoms with Gasteiger partial charge in [0.2, 0.25) is 0 Å². The van der Waals surface area contributed by atoms with E-state index in [0.717, 1.165) is 19.4 Å². The zero-order valence-electron chi connectivity index (χ0n) is 9.00. The summed E-state index contributed by atoms with van der Waals surface area (Å²) in [5.74, 6) is -0.271. The standard InChI is InChI=1S/C12H15ClFNO/c13-11-4-1-5-12(14)10(11)8-15-6-2-3-9(16)7-15/h1,4-5,9,16H,2-3,6-8H2/t9-/m1/s1. The first-order valence-corrected chi connectivity index (χ1v) is 5.88. The van der Waals surface area contributed by atoms with Crippen LogP contribution in [0.1, 0.15) is 18.4 Å². The normalized spacial score (nSPS) is 22.3. The number of hydrogen-bond acceptors (Lipinski definition) is 2. The summed E-state index contributed by atoms with van der Waals surface area (Å²) in [5.41, 5.74) is 0.526.